The zero-order valence-corrected chi connectivity index (χ0v) is 30.9. The minimum absolute atomic E-state index is 0.224. The lowest BCUT2D eigenvalue weighted by Gasteiger charge is -2.33. The normalized spacial score (nSPS) is 15.4. The standard InChI is InChI=1S/C50H42N2S/c1-34-27-40(35-13-10-15-37(29-35)44-21-6-8-23-47(44)51)31-41(28-34)36-14-11-16-38(30-36)46-33-50(2,26-25-48(46)52-43-19-4-3-5-20-43)42-18-12-17-39(32-42)45-22-7-9-24-49(45)53/h3-32,52-53H,33,51H2,1-2H3. The molecule has 1 unspecified atom stereocenters. The van der Waals surface area contributed by atoms with Gasteiger partial charge in [0.1, 0.15) is 0 Å². The van der Waals surface area contributed by atoms with Gasteiger partial charge in [-0.05, 0) is 123 Å². The summed E-state index contributed by atoms with van der Waals surface area (Å²) in [6.45, 7) is 4.53. The maximum Gasteiger partial charge on any atom is 0.0420 e. The van der Waals surface area contributed by atoms with Crippen LogP contribution in [0.15, 0.2) is 193 Å². The number of thiol groups is 1. The van der Waals surface area contributed by atoms with Crippen molar-refractivity contribution in [1.29, 1.82) is 0 Å². The molecule has 3 N–H and O–H groups in total. The predicted octanol–water partition coefficient (Wildman–Crippen LogP) is 13.3. The highest BCUT2D eigenvalue weighted by molar-refractivity contribution is 7.80. The summed E-state index contributed by atoms with van der Waals surface area (Å²) in [4.78, 5) is 0.980. The summed E-state index contributed by atoms with van der Waals surface area (Å²) in [6, 6.07) is 60.3. The second kappa shape index (κ2) is 14.5. The first kappa shape index (κ1) is 34.1. The number of nitrogens with two attached hydrogens (primary N) is 1. The van der Waals surface area contributed by atoms with Crippen molar-refractivity contribution < 1.29 is 0 Å². The topological polar surface area (TPSA) is 38.0 Å². The summed E-state index contributed by atoms with van der Waals surface area (Å²) in [5, 5.41) is 3.76. The van der Waals surface area contributed by atoms with Crippen LogP contribution < -0.4 is 11.1 Å². The molecule has 0 aromatic heterocycles. The SMILES string of the molecule is Cc1cc(-c2cccc(C3=C(Nc4ccccc4)C=CC(C)(c4cccc(-c5ccccc5S)c4)C3)c2)cc(-c2cccc(-c3ccccc3N)c2)c1. The van der Waals surface area contributed by atoms with Crippen molar-refractivity contribution in [2.45, 2.75) is 30.6 Å². The number of hydrogen-bond acceptors (Lipinski definition) is 3. The van der Waals surface area contributed by atoms with Crippen LogP contribution in [-0.4, -0.2) is 0 Å². The van der Waals surface area contributed by atoms with Crippen LogP contribution in [-0.2, 0) is 5.41 Å². The van der Waals surface area contributed by atoms with Crippen LogP contribution in [0, 0.1) is 6.92 Å². The first-order valence-electron chi connectivity index (χ1n) is 18.1. The van der Waals surface area contributed by atoms with E-state index in [0.29, 0.717) is 0 Å². The third-order valence-electron chi connectivity index (χ3n) is 10.4. The largest absolute Gasteiger partial charge is 0.398 e. The molecule has 0 amide bonds. The molecular weight excluding hydrogens is 661 g/mol. The lowest BCUT2D eigenvalue weighted by Crippen LogP contribution is -2.24. The molecule has 7 aromatic rings. The molecule has 53 heavy (non-hydrogen) atoms. The quantitative estimate of drug-likeness (QED) is 0.109. The van der Waals surface area contributed by atoms with Gasteiger partial charge >= 0.3 is 0 Å². The third kappa shape index (κ3) is 7.22. The van der Waals surface area contributed by atoms with Gasteiger partial charge < -0.3 is 11.1 Å². The van der Waals surface area contributed by atoms with Crippen molar-refractivity contribution in [3.63, 3.8) is 0 Å². The van der Waals surface area contributed by atoms with Crippen LogP contribution >= 0.6 is 12.6 Å². The number of nitrogens with one attached hydrogen (secondary N) is 1. The molecule has 0 saturated carbocycles. The highest BCUT2D eigenvalue weighted by atomic mass is 32.1. The fourth-order valence-corrected chi connectivity index (χ4v) is 7.82. The number of nitrogen functional groups attached to an aromatic ring is 1. The second-order valence-corrected chi connectivity index (χ2v) is 14.7. The monoisotopic (exact) mass is 702 g/mol. The van der Waals surface area contributed by atoms with Crippen molar-refractivity contribution in [3.8, 4) is 44.5 Å². The molecule has 1 aliphatic carbocycles. The average Bonchev–Trinajstić information content (AvgIpc) is 3.19. The summed E-state index contributed by atoms with van der Waals surface area (Å²) < 4.78 is 0. The van der Waals surface area contributed by atoms with Gasteiger partial charge in [-0.15, -0.1) is 12.6 Å². The van der Waals surface area contributed by atoms with Gasteiger partial charge in [0, 0.05) is 32.9 Å². The molecule has 258 valence electrons. The molecule has 3 heteroatoms. The molecule has 7 aromatic carbocycles. The summed E-state index contributed by atoms with van der Waals surface area (Å²) in [5.41, 5.74) is 23.3. The molecule has 2 nitrogen and oxygen atoms in total. The zero-order chi connectivity index (χ0) is 36.4. The predicted molar refractivity (Wildman–Crippen MR) is 229 cm³/mol. The number of benzene rings is 7. The molecule has 0 saturated heterocycles. The Labute approximate surface area is 318 Å². The van der Waals surface area contributed by atoms with Crippen molar-refractivity contribution >= 4 is 29.6 Å². The number of aryl methyl sites for hydroxylation is 1. The van der Waals surface area contributed by atoms with Gasteiger partial charge in [-0.25, -0.2) is 0 Å². The van der Waals surface area contributed by atoms with Gasteiger partial charge in [0.2, 0.25) is 0 Å². The average molecular weight is 703 g/mol. The molecule has 0 aliphatic heterocycles. The van der Waals surface area contributed by atoms with E-state index in [0.717, 1.165) is 45.1 Å². The Bertz CT molecular complexity index is 2510. The van der Waals surface area contributed by atoms with Crippen LogP contribution in [0.2, 0.25) is 0 Å². The van der Waals surface area contributed by atoms with Crippen LogP contribution in [0.1, 0.15) is 30.0 Å². The molecule has 0 spiro atoms. The van der Waals surface area contributed by atoms with E-state index in [9.17, 15) is 0 Å². The summed E-state index contributed by atoms with van der Waals surface area (Å²) >= 11 is 4.77. The lowest BCUT2D eigenvalue weighted by atomic mass is 9.72. The Balaban J connectivity index is 1.18. The van der Waals surface area contributed by atoms with Gasteiger partial charge in [0.15, 0.2) is 0 Å². The minimum Gasteiger partial charge on any atom is -0.398 e. The van der Waals surface area contributed by atoms with Crippen molar-refractivity contribution in [3.05, 3.63) is 204 Å². The maximum absolute atomic E-state index is 6.36. The Morgan fingerprint density at radius 1 is 0.547 bits per heavy atom. The first-order chi connectivity index (χ1) is 25.8. The number of rotatable bonds is 8. The highest BCUT2D eigenvalue weighted by Gasteiger charge is 2.31. The van der Waals surface area contributed by atoms with E-state index < -0.39 is 0 Å². The Morgan fingerprint density at radius 2 is 1.11 bits per heavy atom. The summed E-state index contributed by atoms with van der Waals surface area (Å²) in [7, 11) is 0. The van der Waals surface area contributed by atoms with Crippen LogP contribution in [0.25, 0.3) is 50.1 Å². The van der Waals surface area contributed by atoms with Gasteiger partial charge in [-0.3, -0.25) is 0 Å². The molecule has 1 atom stereocenters. The lowest BCUT2D eigenvalue weighted by molar-refractivity contribution is 0.607. The molecule has 1 aliphatic rings. The molecule has 0 bridgehead atoms. The number of anilines is 2. The molecule has 8 rings (SSSR count). The maximum atomic E-state index is 6.36. The Morgan fingerprint density at radius 3 is 1.83 bits per heavy atom. The first-order valence-corrected chi connectivity index (χ1v) is 18.6. The van der Waals surface area contributed by atoms with Gasteiger partial charge in [-0.2, -0.15) is 0 Å². The van der Waals surface area contributed by atoms with Gasteiger partial charge in [0.25, 0.3) is 0 Å². The highest BCUT2D eigenvalue weighted by Crippen LogP contribution is 2.44. The molecule has 0 heterocycles. The fourth-order valence-electron chi connectivity index (χ4n) is 7.53. The minimum atomic E-state index is -0.224. The van der Waals surface area contributed by atoms with E-state index in [2.05, 4.69) is 177 Å². The van der Waals surface area contributed by atoms with Crippen LogP contribution in [0.4, 0.5) is 11.4 Å². The fraction of sp³-hybridized carbons (Fsp3) is 0.0800. The Kier molecular flexibility index (Phi) is 9.35. The van der Waals surface area contributed by atoms with Gasteiger partial charge in [0.05, 0.1) is 0 Å². The van der Waals surface area contributed by atoms with Crippen molar-refractivity contribution in [2.24, 2.45) is 0 Å². The van der Waals surface area contributed by atoms with Crippen LogP contribution in [0.3, 0.4) is 0 Å². The summed E-state index contributed by atoms with van der Waals surface area (Å²) in [6.07, 6.45) is 5.47. The smallest absolute Gasteiger partial charge is 0.0420 e. The van der Waals surface area contributed by atoms with Crippen molar-refractivity contribution in [1.82, 2.24) is 0 Å². The molecule has 0 radical (unpaired) electrons. The molecule has 0 fully saturated rings. The van der Waals surface area contributed by atoms with Crippen LogP contribution in [0.5, 0.6) is 0 Å². The second-order valence-electron chi connectivity index (χ2n) is 14.2. The van der Waals surface area contributed by atoms with E-state index in [1.54, 1.807) is 0 Å². The van der Waals surface area contributed by atoms with E-state index in [1.807, 2.05) is 24.3 Å². The Hall–Kier alpha value is -6.03. The summed E-state index contributed by atoms with van der Waals surface area (Å²) in [5.74, 6) is 0. The van der Waals surface area contributed by atoms with E-state index >= 15 is 0 Å². The number of hydrogen-bond donors (Lipinski definition) is 3. The number of para-hydroxylation sites is 2. The number of allylic oxidation sites excluding steroid dienone is 3. The zero-order valence-electron chi connectivity index (χ0n) is 30.1. The van der Waals surface area contributed by atoms with Crippen molar-refractivity contribution in [2.75, 3.05) is 11.1 Å². The van der Waals surface area contributed by atoms with E-state index in [-0.39, 0.29) is 5.41 Å². The third-order valence-corrected chi connectivity index (χ3v) is 10.8. The van der Waals surface area contributed by atoms with E-state index in [1.165, 1.54) is 50.1 Å². The van der Waals surface area contributed by atoms with E-state index in [4.69, 9.17) is 18.4 Å². The van der Waals surface area contributed by atoms with Gasteiger partial charge in [-0.1, -0.05) is 140 Å². The molecular formula is C50H42N2S.